The number of hydrogen-bond donors (Lipinski definition) is 1. The number of anilines is 1. The van der Waals surface area contributed by atoms with Crippen LogP contribution in [0.15, 0.2) is 83.8 Å². The molecule has 3 aromatic carbocycles. The maximum Gasteiger partial charge on any atom is 0.262 e. The number of piperidine rings is 1. The Hall–Kier alpha value is -3.89. The van der Waals surface area contributed by atoms with Crippen LogP contribution in [0, 0.1) is 5.92 Å². The van der Waals surface area contributed by atoms with Crippen LogP contribution in [-0.2, 0) is 26.0 Å². The van der Waals surface area contributed by atoms with Crippen LogP contribution in [0.2, 0.25) is 0 Å². The zero-order valence-electron chi connectivity index (χ0n) is 23.1. The van der Waals surface area contributed by atoms with Crippen molar-refractivity contribution in [3.05, 3.63) is 84.4 Å². The van der Waals surface area contributed by atoms with Gasteiger partial charge in [0.05, 0.1) is 29.7 Å². The monoisotopic (exact) mass is 577 g/mol. The molecule has 2 heterocycles. The minimum Gasteiger partial charge on any atom is -0.494 e. The standard InChI is InChI=1S/C31H35N3O6S/c1-2-39-25-14-16-26(17-15-25)41(37,38)33-20-8-11-24(21-33)31(36)34-22-29(40-28-13-7-6-12-27(28)34)30(35)32-19-18-23-9-4-3-5-10-23/h3-7,9-10,12-17,24,29H,2,8,11,18-22H2,1H3,(H,32,35)/t24-,29+/m1/s1. The van der Waals surface area contributed by atoms with Crippen LogP contribution in [0.25, 0.3) is 0 Å². The summed E-state index contributed by atoms with van der Waals surface area (Å²) in [6, 6.07) is 23.3. The van der Waals surface area contributed by atoms with Crippen molar-refractivity contribution in [2.45, 2.75) is 37.2 Å². The van der Waals surface area contributed by atoms with Gasteiger partial charge in [0, 0.05) is 19.6 Å². The molecule has 0 unspecified atom stereocenters. The highest BCUT2D eigenvalue weighted by atomic mass is 32.2. The predicted molar refractivity (Wildman–Crippen MR) is 155 cm³/mol. The lowest BCUT2D eigenvalue weighted by atomic mass is 9.97. The average Bonchev–Trinajstić information content (AvgIpc) is 3.01. The summed E-state index contributed by atoms with van der Waals surface area (Å²) >= 11 is 0. The molecule has 9 nitrogen and oxygen atoms in total. The number of amides is 2. The van der Waals surface area contributed by atoms with E-state index in [1.807, 2.05) is 43.3 Å². The largest absolute Gasteiger partial charge is 0.494 e. The lowest BCUT2D eigenvalue weighted by molar-refractivity contribution is -0.129. The molecule has 5 rings (SSSR count). The van der Waals surface area contributed by atoms with Gasteiger partial charge in [0.25, 0.3) is 5.91 Å². The molecule has 41 heavy (non-hydrogen) atoms. The van der Waals surface area contributed by atoms with E-state index in [9.17, 15) is 18.0 Å². The van der Waals surface area contributed by atoms with Gasteiger partial charge in [-0.15, -0.1) is 0 Å². The van der Waals surface area contributed by atoms with Crippen molar-refractivity contribution < 1.29 is 27.5 Å². The summed E-state index contributed by atoms with van der Waals surface area (Å²) in [6.45, 7) is 3.26. The Kier molecular flexibility index (Phi) is 8.90. The second-order valence-electron chi connectivity index (χ2n) is 10.2. The number of benzene rings is 3. The summed E-state index contributed by atoms with van der Waals surface area (Å²) in [5.74, 6) is -0.00652. The maximum absolute atomic E-state index is 13.9. The Balaban J connectivity index is 1.28. The molecule has 0 spiro atoms. The van der Waals surface area contributed by atoms with Crippen molar-refractivity contribution in [2.75, 3.05) is 37.7 Å². The molecule has 1 fully saturated rings. The molecule has 1 saturated heterocycles. The van der Waals surface area contributed by atoms with Gasteiger partial charge in [-0.2, -0.15) is 4.31 Å². The lowest BCUT2D eigenvalue weighted by Crippen LogP contribution is -2.54. The van der Waals surface area contributed by atoms with E-state index >= 15 is 0 Å². The van der Waals surface area contributed by atoms with E-state index in [0.29, 0.717) is 56.1 Å². The molecule has 2 amide bonds. The number of ether oxygens (including phenoxy) is 2. The fourth-order valence-corrected chi connectivity index (χ4v) is 6.80. The molecule has 216 valence electrons. The molecule has 2 aliphatic heterocycles. The van der Waals surface area contributed by atoms with E-state index in [1.54, 1.807) is 35.2 Å². The maximum atomic E-state index is 13.9. The Morgan fingerprint density at radius 3 is 2.46 bits per heavy atom. The van der Waals surface area contributed by atoms with Crippen molar-refractivity contribution in [1.29, 1.82) is 0 Å². The quantitative estimate of drug-likeness (QED) is 0.417. The summed E-state index contributed by atoms with van der Waals surface area (Å²) in [7, 11) is -3.79. The van der Waals surface area contributed by atoms with Crippen LogP contribution in [0.4, 0.5) is 5.69 Å². The molecule has 0 radical (unpaired) electrons. The number of nitrogens with zero attached hydrogens (tertiary/aromatic N) is 2. The number of carbonyl (C=O) groups excluding carboxylic acids is 2. The topological polar surface area (TPSA) is 105 Å². The minimum absolute atomic E-state index is 0.0508. The zero-order valence-corrected chi connectivity index (χ0v) is 23.9. The van der Waals surface area contributed by atoms with E-state index in [0.717, 1.165) is 5.56 Å². The molecule has 3 aromatic rings. The Morgan fingerprint density at radius 1 is 0.976 bits per heavy atom. The van der Waals surface area contributed by atoms with Crippen molar-refractivity contribution >= 4 is 27.5 Å². The number of sulfonamides is 1. The van der Waals surface area contributed by atoms with Crippen molar-refractivity contribution in [2.24, 2.45) is 5.92 Å². The number of rotatable bonds is 9. The Morgan fingerprint density at radius 2 is 1.71 bits per heavy atom. The summed E-state index contributed by atoms with van der Waals surface area (Å²) < 4.78 is 39.7. The predicted octanol–water partition coefficient (Wildman–Crippen LogP) is 3.64. The fourth-order valence-electron chi connectivity index (χ4n) is 5.27. The second-order valence-corrected chi connectivity index (χ2v) is 12.1. The van der Waals surface area contributed by atoms with Crippen molar-refractivity contribution in [1.82, 2.24) is 9.62 Å². The van der Waals surface area contributed by atoms with E-state index in [-0.39, 0.29) is 29.8 Å². The number of carbonyl (C=O) groups is 2. The number of nitrogens with one attached hydrogen (secondary N) is 1. The Labute approximate surface area is 241 Å². The van der Waals surface area contributed by atoms with Gasteiger partial charge in [0.1, 0.15) is 11.5 Å². The molecule has 0 aliphatic carbocycles. The van der Waals surface area contributed by atoms with Crippen LogP contribution < -0.4 is 19.7 Å². The number of fused-ring (bicyclic) bond motifs is 1. The van der Waals surface area contributed by atoms with Crippen molar-refractivity contribution in [3.63, 3.8) is 0 Å². The lowest BCUT2D eigenvalue weighted by Gasteiger charge is -2.38. The van der Waals surface area contributed by atoms with Gasteiger partial charge in [-0.1, -0.05) is 42.5 Å². The first-order valence-corrected chi connectivity index (χ1v) is 15.4. The molecule has 0 bridgehead atoms. The number of hydrogen-bond acceptors (Lipinski definition) is 6. The van der Waals surface area contributed by atoms with Gasteiger partial charge in [-0.3, -0.25) is 9.59 Å². The van der Waals surface area contributed by atoms with Gasteiger partial charge in [0.15, 0.2) is 6.10 Å². The summed E-state index contributed by atoms with van der Waals surface area (Å²) in [4.78, 5) is 28.7. The zero-order chi connectivity index (χ0) is 28.8. The first kappa shape index (κ1) is 28.6. The second kappa shape index (κ2) is 12.7. The highest BCUT2D eigenvalue weighted by Gasteiger charge is 2.39. The summed E-state index contributed by atoms with van der Waals surface area (Å²) in [5, 5.41) is 2.93. The average molecular weight is 578 g/mol. The third-order valence-corrected chi connectivity index (χ3v) is 9.27. The minimum atomic E-state index is -3.79. The van der Waals surface area contributed by atoms with E-state index in [2.05, 4.69) is 5.32 Å². The van der Waals surface area contributed by atoms with Gasteiger partial charge < -0.3 is 19.7 Å². The highest BCUT2D eigenvalue weighted by molar-refractivity contribution is 7.89. The van der Waals surface area contributed by atoms with E-state index < -0.39 is 22.0 Å². The number of para-hydroxylation sites is 2. The molecule has 2 aliphatic rings. The third kappa shape index (κ3) is 6.55. The first-order valence-electron chi connectivity index (χ1n) is 14.0. The molecule has 10 heteroatoms. The Bertz CT molecular complexity index is 1460. The van der Waals surface area contributed by atoms with Gasteiger partial charge in [0.2, 0.25) is 15.9 Å². The van der Waals surface area contributed by atoms with Gasteiger partial charge >= 0.3 is 0 Å². The van der Waals surface area contributed by atoms with Crippen LogP contribution >= 0.6 is 0 Å². The molecule has 0 aromatic heterocycles. The van der Waals surface area contributed by atoms with Gasteiger partial charge in [-0.05, 0) is 68.1 Å². The highest BCUT2D eigenvalue weighted by Crippen LogP contribution is 2.35. The van der Waals surface area contributed by atoms with Gasteiger partial charge in [-0.25, -0.2) is 8.42 Å². The van der Waals surface area contributed by atoms with Crippen LogP contribution in [-0.4, -0.2) is 63.4 Å². The SMILES string of the molecule is CCOc1ccc(S(=O)(=O)N2CCC[C@@H](C(=O)N3C[C@@H](C(=O)NCCc4ccccc4)Oc4ccccc43)C2)cc1. The van der Waals surface area contributed by atoms with Crippen LogP contribution in [0.3, 0.4) is 0 Å². The summed E-state index contributed by atoms with van der Waals surface area (Å²) in [6.07, 6.45) is 0.917. The molecular weight excluding hydrogens is 542 g/mol. The normalized spacial score (nSPS) is 19.1. The third-order valence-electron chi connectivity index (χ3n) is 7.39. The first-order chi connectivity index (χ1) is 19.9. The molecule has 0 saturated carbocycles. The molecule has 2 atom stereocenters. The molecule has 1 N–H and O–H groups in total. The van der Waals surface area contributed by atoms with E-state index in [1.165, 1.54) is 16.4 Å². The van der Waals surface area contributed by atoms with E-state index in [4.69, 9.17) is 9.47 Å². The summed E-state index contributed by atoms with van der Waals surface area (Å²) in [5.41, 5.74) is 1.69. The molecular formula is C31H35N3O6S. The fraction of sp³-hybridized carbons (Fsp3) is 0.355. The smallest absolute Gasteiger partial charge is 0.262 e. The van der Waals surface area contributed by atoms with Crippen LogP contribution in [0.5, 0.6) is 11.5 Å². The van der Waals surface area contributed by atoms with Crippen molar-refractivity contribution in [3.8, 4) is 11.5 Å². The van der Waals surface area contributed by atoms with Crippen LogP contribution in [0.1, 0.15) is 25.3 Å².